The number of Topliss-reactive ketones (excluding diaryl/α,β-unsaturated/α-hetero) is 1. The summed E-state index contributed by atoms with van der Waals surface area (Å²) in [6.07, 6.45) is 1.24. The summed E-state index contributed by atoms with van der Waals surface area (Å²) < 4.78 is 13.1. The van der Waals surface area contributed by atoms with Gasteiger partial charge in [0.1, 0.15) is 5.82 Å². The van der Waals surface area contributed by atoms with Crippen LogP contribution in [0.4, 0.5) is 15.8 Å². The molecule has 0 saturated carbocycles. The number of para-hydroxylation sites is 2. The summed E-state index contributed by atoms with van der Waals surface area (Å²) in [5, 5.41) is 6.75. The van der Waals surface area contributed by atoms with E-state index in [0.29, 0.717) is 13.0 Å². The molecule has 0 saturated heterocycles. The molecule has 4 rings (SSSR count). The Labute approximate surface area is 134 Å². The van der Waals surface area contributed by atoms with Crippen LogP contribution in [0.5, 0.6) is 0 Å². The molecule has 2 aromatic rings. The second kappa shape index (κ2) is 5.54. The first-order valence-corrected chi connectivity index (χ1v) is 7.81. The van der Waals surface area contributed by atoms with E-state index in [9.17, 15) is 9.18 Å². The summed E-state index contributed by atoms with van der Waals surface area (Å²) in [5.74, 6) is 0.00880. The minimum Gasteiger partial charge on any atom is -0.379 e. The zero-order valence-electron chi connectivity index (χ0n) is 12.6. The average Bonchev–Trinajstić information content (AvgIpc) is 2.74. The molecule has 0 spiro atoms. The van der Waals surface area contributed by atoms with Gasteiger partial charge in [-0.3, -0.25) is 4.79 Å². The maximum Gasteiger partial charge on any atom is 0.163 e. The van der Waals surface area contributed by atoms with E-state index in [1.165, 1.54) is 12.1 Å². The van der Waals surface area contributed by atoms with Crippen LogP contribution >= 0.6 is 0 Å². The summed E-state index contributed by atoms with van der Waals surface area (Å²) in [7, 11) is 0. The van der Waals surface area contributed by atoms with Crippen LogP contribution in [0, 0.1) is 5.82 Å². The van der Waals surface area contributed by atoms with Crippen LogP contribution in [-0.2, 0) is 4.79 Å². The van der Waals surface area contributed by atoms with Gasteiger partial charge in [-0.1, -0.05) is 24.3 Å². The zero-order chi connectivity index (χ0) is 15.8. The first-order valence-electron chi connectivity index (χ1n) is 7.81. The van der Waals surface area contributed by atoms with Crippen molar-refractivity contribution in [1.82, 2.24) is 0 Å². The van der Waals surface area contributed by atoms with Gasteiger partial charge in [-0.15, -0.1) is 0 Å². The molecule has 0 amide bonds. The summed E-state index contributed by atoms with van der Waals surface area (Å²) in [6.45, 7) is 0.550. The van der Waals surface area contributed by atoms with Crippen molar-refractivity contribution in [2.24, 2.45) is 0 Å². The van der Waals surface area contributed by atoms with Crippen molar-refractivity contribution < 1.29 is 9.18 Å². The van der Waals surface area contributed by atoms with E-state index in [1.807, 2.05) is 24.3 Å². The Morgan fingerprint density at radius 3 is 2.48 bits per heavy atom. The highest BCUT2D eigenvalue weighted by Crippen LogP contribution is 2.38. The van der Waals surface area contributed by atoms with Gasteiger partial charge in [0.05, 0.1) is 11.4 Å². The molecule has 0 aromatic heterocycles. The van der Waals surface area contributed by atoms with Gasteiger partial charge in [-0.2, -0.15) is 0 Å². The minimum atomic E-state index is -0.249. The SMILES string of the molecule is O=C1C[C@@H](c2ccc(F)cc2)CC2=C1CNc1ccccc1N2. The van der Waals surface area contributed by atoms with Gasteiger partial charge >= 0.3 is 0 Å². The predicted molar refractivity (Wildman–Crippen MR) is 89.0 cm³/mol. The Bertz CT molecular complexity index is 795. The zero-order valence-corrected chi connectivity index (χ0v) is 12.6. The maximum atomic E-state index is 13.1. The monoisotopic (exact) mass is 308 g/mol. The molecular formula is C19H17FN2O. The van der Waals surface area contributed by atoms with Crippen LogP contribution in [0.3, 0.4) is 0 Å². The van der Waals surface area contributed by atoms with Crippen LogP contribution in [-0.4, -0.2) is 12.3 Å². The van der Waals surface area contributed by atoms with Gasteiger partial charge in [0.15, 0.2) is 5.78 Å². The molecule has 0 bridgehead atoms. The summed E-state index contributed by atoms with van der Waals surface area (Å²) in [6, 6.07) is 14.4. The standard InChI is InChI=1S/C19H17FN2O/c20-14-7-5-12(6-8-14)13-9-18-15(19(23)10-13)11-21-16-3-1-2-4-17(16)22-18/h1-8,13,21-22H,9-11H2/t13-/m0/s1. The van der Waals surface area contributed by atoms with Crippen LogP contribution < -0.4 is 10.6 Å². The van der Waals surface area contributed by atoms with Gasteiger partial charge in [0.25, 0.3) is 0 Å². The van der Waals surface area contributed by atoms with E-state index in [4.69, 9.17) is 0 Å². The molecule has 0 unspecified atom stereocenters. The lowest BCUT2D eigenvalue weighted by Crippen LogP contribution is -2.24. The number of carbonyl (C=O) groups is 1. The molecule has 0 radical (unpaired) electrons. The smallest absolute Gasteiger partial charge is 0.163 e. The quantitative estimate of drug-likeness (QED) is 0.834. The van der Waals surface area contributed by atoms with Crippen molar-refractivity contribution in [3.63, 3.8) is 0 Å². The lowest BCUT2D eigenvalue weighted by Gasteiger charge is -2.26. The van der Waals surface area contributed by atoms with Gasteiger partial charge in [-0.25, -0.2) is 4.39 Å². The number of carbonyl (C=O) groups excluding carboxylic acids is 1. The first-order chi connectivity index (χ1) is 11.2. The second-order valence-corrected chi connectivity index (χ2v) is 6.06. The molecule has 1 aliphatic carbocycles. The third-order valence-corrected chi connectivity index (χ3v) is 4.59. The average molecular weight is 308 g/mol. The van der Waals surface area contributed by atoms with Gasteiger partial charge in [0.2, 0.25) is 0 Å². The van der Waals surface area contributed by atoms with E-state index >= 15 is 0 Å². The van der Waals surface area contributed by atoms with Gasteiger partial charge in [0, 0.05) is 24.2 Å². The predicted octanol–water partition coefficient (Wildman–Crippen LogP) is 4.06. The molecule has 2 aromatic carbocycles. The number of hydrogen-bond acceptors (Lipinski definition) is 3. The van der Waals surface area contributed by atoms with Gasteiger partial charge < -0.3 is 10.6 Å². The Kier molecular flexibility index (Phi) is 3.37. The third-order valence-electron chi connectivity index (χ3n) is 4.59. The van der Waals surface area contributed by atoms with Crippen molar-refractivity contribution in [3.05, 3.63) is 71.2 Å². The fraction of sp³-hybridized carbons (Fsp3) is 0.211. The number of allylic oxidation sites excluding steroid dienone is 1. The van der Waals surface area contributed by atoms with Crippen LogP contribution in [0.2, 0.25) is 0 Å². The van der Waals surface area contributed by atoms with Crippen molar-refractivity contribution in [2.75, 3.05) is 17.2 Å². The highest BCUT2D eigenvalue weighted by molar-refractivity contribution is 6.00. The largest absolute Gasteiger partial charge is 0.379 e. The lowest BCUT2D eigenvalue weighted by atomic mass is 9.82. The Morgan fingerprint density at radius 2 is 1.70 bits per heavy atom. The number of rotatable bonds is 1. The molecule has 4 heteroatoms. The van der Waals surface area contributed by atoms with Crippen LogP contribution in [0.15, 0.2) is 59.8 Å². The first kappa shape index (κ1) is 14.0. The number of hydrogen-bond donors (Lipinski definition) is 2. The number of anilines is 2. The molecular weight excluding hydrogens is 291 g/mol. The van der Waals surface area contributed by atoms with E-state index in [0.717, 1.165) is 34.6 Å². The summed E-state index contributed by atoms with van der Waals surface area (Å²) in [4.78, 5) is 12.6. The molecule has 1 heterocycles. The third kappa shape index (κ3) is 2.61. The number of nitrogens with one attached hydrogen (secondary N) is 2. The Morgan fingerprint density at radius 1 is 0.957 bits per heavy atom. The van der Waals surface area contributed by atoms with Gasteiger partial charge in [-0.05, 0) is 42.2 Å². The molecule has 116 valence electrons. The Hall–Kier alpha value is -2.62. The van der Waals surface area contributed by atoms with Crippen LogP contribution in [0.1, 0.15) is 24.3 Å². The molecule has 1 aliphatic heterocycles. The van der Waals surface area contributed by atoms with E-state index < -0.39 is 0 Å². The van der Waals surface area contributed by atoms with Crippen molar-refractivity contribution in [1.29, 1.82) is 0 Å². The molecule has 0 fully saturated rings. The lowest BCUT2D eigenvalue weighted by molar-refractivity contribution is -0.116. The normalized spacial score (nSPS) is 20.0. The van der Waals surface area contributed by atoms with E-state index in [1.54, 1.807) is 12.1 Å². The maximum absolute atomic E-state index is 13.1. The molecule has 2 N–H and O–H groups in total. The fourth-order valence-electron chi connectivity index (χ4n) is 3.35. The summed E-state index contributed by atoms with van der Waals surface area (Å²) in [5.41, 5.74) is 4.82. The highest BCUT2D eigenvalue weighted by atomic mass is 19.1. The second-order valence-electron chi connectivity index (χ2n) is 6.06. The molecule has 3 nitrogen and oxygen atoms in total. The number of ketones is 1. The minimum absolute atomic E-state index is 0.0969. The highest BCUT2D eigenvalue weighted by Gasteiger charge is 2.30. The topological polar surface area (TPSA) is 41.1 Å². The van der Waals surface area contributed by atoms with Crippen molar-refractivity contribution >= 4 is 17.2 Å². The number of fused-ring (bicyclic) bond motifs is 1. The van der Waals surface area contributed by atoms with E-state index in [2.05, 4.69) is 10.6 Å². The number of benzene rings is 2. The van der Waals surface area contributed by atoms with Crippen LogP contribution in [0.25, 0.3) is 0 Å². The van der Waals surface area contributed by atoms with Crippen molar-refractivity contribution in [2.45, 2.75) is 18.8 Å². The Balaban J connectivity index is 1.66. The number of halogens is 1. The summed E-state index contributed by atoms with van der Waals surface area (Å²) >= 11 is 0. The van der Waals surface area contributed by atoms with Crippen molar-refractivity contribution in [3.8, 4) is 0 Å². The molecule has 23 heavy (non-hydrogen) atoms. The fourth-order valence-corrected chi connectivity index (χ4v) is 3.35. The molecule has 2 aliphatic rings. The van der Waals surface area contributed by atoms with E-state index in [-0.39, 0.29) is 17.5 Å². The molecule has 1 atom stereocenters.